The zero-order chi connectivity index (χ0) is 24.6. The largest absolute Gasteiger partial charge is 0.397 e. The van der Waals surface area contributed by atoms with E-state index in [0.717, 1.165) is 19.3 Å². The highest BCUT2D eigenvalue weighted by Gasteiger charge is 2.47. The highest BCUT2D eigenvalue weighted by Crippen LogP contribution is 2.36. The quantitative estimate of drug-likeness (QED) is 0.113. The number of rotatable bonds is 19. The molecule has 1 heterocycles. The van der Waals surface area contributed by atoms with E-state index in [1.54, 1.807) is 0 Å². The summed E-state index contributed by atoms with van der Waals surface area (Å²) in [5, 5.41) is 0. The fourth-order valence-electron chi connectivity index (χ4n) is 5.33. The lowest BCUT2D eigenvalue weighted by atomic mass is 9.94. The highest BCUT2D eigenvalue weighted by atomic mass is 32.2. The molecule has 1 fully saturated rings. The molecule has 1 aliphatic heterocycles. The molecule has 0 aromatic rings. The molecule has 1 N–H and O–H groups in total. The van der Waals surface area contributed by atoms with E-state index in [1.807, 2.05) is 0 Å². The minimum atomic E-state index is -4.19. The molecule has 0 spiro atoms. The topological polar surface area (TPSA) is 54.4 Å². The number of halogens is 3. The zero-order valence-corrected chi connectivity index (χ0v) is 21.7. The van der Waals surface area contributed by atoms with Gasteiger partial charge in [0.1, 0.15) is 5.92 Å². The van der Waals surface area contributed by atoms with Gasteiger partial charge in [-0.2, -0.15) is 21.6 Å². The van der Waals surface area contributed by atoms with E-state index in [2.05, 4.69) is 6.92 Å². The molecule has 0 amide bonds. The zero-order valence-electron chi connectivity index (χ0n) is 20.9. The first-order valence-corrected chi connectivity index (χ1v) is 15.1. The van der Waals surface area contributed by atoms with E-state index < -0.39 is 22.2 Å². The van der Waals surface area contributed by atoms with Gasteiger partial charge >= 0.3 is 6.18 Å². The third-order valence-corrected chi connectivity index (χ3v) is 8.08. The maximum absolute atomic E-state index is 13.4. The lowest BCUT2D eigenvalue weighted by Gasteiger charge is -2.45. The van der Waals surface area contributed by atoms with Crippen molar-refractivity contribution < 1.29 is 30.6 Å². The van der Waals surface area contributed by atoms with E-state index in [1.165, 1.54) is 70.6 Å². The predicted molar refractivity (Wildman–Crippen MR) is 130 cm³/mol. The maximum Gasteiger partial charge on any atom is 0.397 e. The molecule has 198 valence electrons. The second-order valence-corrected chi connectivity index (χ2v) is 11.9. The van der Waals surface area contributed by atoms with Gasteiger partial charge in [-0.25, -0.2) is 0 Å². The van der Waals surface area contributed by atoms with Crippen LogP contribution >= 0.6 is 0 Å². The molecule has 0 saturated carbocycles. The number of quaternary nitrogens is 1. The smallest absolute Gasteiger partial charge is 0.323 e. The first kappa shape index (κ1) is 30.7. The Morgan fingerprint density at radius 2 is 1.24 bits per heavy atom. The number of nitrogens with zero attached hydrogens (tertiary/aromatic N) is 1. The van der Waals surface area contributed by atoms with Gasteiger partial charge in [0.05, 0.1) is 31.9 Å². The van der Waals surface area contributed by atoms with Crippen LogP contribution in [0.1, 0.15) is 116 Å². The molecule has 2 unspecified atom stereocenters. The molecule has 0 aromatic heterocycles. The molecule has 1 saturated heterocycles. The third kappa shape index (κ3) is 15.3. The van der Waals surface area contributed by atoms with Gasteiger partial charge in [-0.3, -0.25) is 4.55 Å². The van der Waals surface area contributed by atoms with Crippen LogP contribution in [0.3, 0.4) is 0 Å². The Morgan fingerprint density at radius 1 is 0.788 bits per heavy atom. The Kier molecular flexibility index (Phi) is 15.2. The minimum absolute atomic E-state index is 0.0490. The van der Waals surface area contributed by atoms with E-state index in [0.29, 0.717) is 30.5 Å². The second kappa shape index (κ2) is 16.4. The number of unbranched alkanes of at least 4 members (excludes halogenated alkanes) is 13. The van der Waals surface area contributed by atoms with E-state index in [4.69, 9.17) is 4.55 Å². The molecule has 0 radical (unpaired) electrons. The van der Waals surface area contributed by atoms with Gasteiger partial charge in [0.15, 0.2) is 0 Å². The standard InChI is InChI=1S/C25H48F3NO3S/c1-2-3-4-5-6-7-8-9-10-11-12-13-14-15-19-29(21-17-22-33(30,31)32)20-16-18-24(23-29)25(26,27)28/h24H,2-23H2,1H3/p+1. The monoisotopic (exact) mass is 500 g/mol. The average molecular weight is 501 g/mol. The number of likely N-dealkylation sites (tertiary alicyclic amines) is 1. The SMILES string of the molecule is CCCCCCCCCCCCCCCC[N+]1(CCCS(=O)(=O)O)CCCC(C(F)(F)F)C1. The van der Waals surface area contributed by atoms with Crippen molar-refractivity contribution in [2.24, 2.45) is 5.92 Å². The first-order chi connectivity index (χ1) is 15.6. The van der Waals surface area contributed by atoms with Gasteiger partial charge in [-0.05, 0) is 25.7 Å². The molecule has 8 heteroatoms. The maximum atomic E-state index is 13.4. The third-order valence-electron chi connectivity index (χ3n) is 7.28. The highest BCUT2D eigenvalue weighted by molar-refractivity contribution is 7.85. The Balaban J connectivity index is 2.25. The lowest BCUT2D eigenvalue weighted by Crippen LogP contribution is -2.57. The minimum Gasteiger partial charge on any atom is -0.323 e. The molecule has 33 heavy (non-hydrogen) atoms. The van der Waals surface area contributed by atoms with Crippen molar-refractivity contribution in [2.45, 2.75) is 122 Å². The van der Waals surface area contributed by atoms with Gasteiger partial charge in [0.2, 0.25) is 0 Å². The van der Waals surface area contributed by atoms with Gasteiger partial charge in [0, 0.05) is 6.42 Å². The molecule has 0 bridgehead atoms. The Bertz CT molecular complexity index is 598. The van der Waals surface area contributed by atoms with Gasteiger partial charge < -0.3 is 4.48 Å². The van der Waals surface area contributed by atoms with E-state index >= 15 is 0 Å². The fraction of sp³-hybridized carbons (Fsp3) is 1.00. The normalized spacial score (nSPS) is 22.0. The summed E-state index contributed by atoms with van der Waals surface area (Å²) in [7, 11) is -4.08. The average Bonchev–Trinajstić information content (AvgIpc) is 2.72. The van der Waals surface area contributed by atoms with Crippen LogP contribution in [0.25, 0.3) is 0 Å². The fourth-order valence-corrected chi connectivity index (χ4v) is 5.83. The summed E-state index contributed by atoms with van der Waals surface area (Å²) in [5.74, 6) is -1.67. The number of piperidine rings is 1. The van der Waals surface area contributed by atoms with Crippen molar-refractivity contribution in [3.05, 3.63) is 0 Å². The van der Waals surface area contributed by atoms with Crippen molar-refractivity contribution in [2.75, 3.05) is 31.9 Å². The molecule has 0 aromatic carbocycles. The summed E-state index contributed by atoms with van der Waals surface area (Å²) in [6, 6.07) is 0. The molecular formula is C25H49F3NO3S+. The Labute approximate surface area is 201 Å². The van der Waals surface area contributed by atoms with Crippen LogP contribution < -0.4 is 0 Å². The summed E-state index contributed by atoms with van der Waals surface area (Å²) in [4.78, 5) is 0. The predicted octanol–water partition coefficient (Wildman–Crippen LogP) is 7.53. The van der Waals surface area contributed by atoms with Crippen molar-refractivity contribution >= 4 is 10.1 Å². The molecule has 0 aliphatic carbocycles. The second-order valence-electron chi connectivity index (χ2n) is 10.3. The van der Waals surface area contributed by atoms with Crippen LogP contribution in [-0.4, -0.2) is 55.6 Å². The van der Waals surface area contributed by atoms with Gasteiger partial charge in [-0.15, -0.1) is 0 Å². The molecule has 1 rings (SSSR count). The Morgan fingerprint density at radius 3 is 1.70 bits per heavy atom. The van der Waals surface area contributed by atoms with E-state index in [-0.39, 0.29) is 25.1 Å². The number of alkyl halides is 3. The van der Waals surface area contributed by atoms with Crippen LogP contribution in [0.15, 0.2) is 0 Å². The van der Waals surface area contributed by atoms with E-state index in [9.17, 15) is 21.6 Å². The lowest BCUT2D eigenvalue weighted by molar-refractivity contribution is -0.937. The van der Waals surface area contributed by atoms with Crippen molar-refractivity contribution in [3.8, 4) is 0 Å². The van der Waals surface area contributed by atoms with Crippen molar-refractivity contribution in [3.63, 3.8) is 0 Å². The molecule has 4 nitrogen and oxygen atoms in total. The summed E-state index contributed by atoms with van der Waals surface area (Å²) < 4.78 is 71.6. The molecule has 1 aliphatic rings. The van der Waals surface area contributed by atoms with Crippen LogP contribution in [0.2, 0.25) is 0 Å². The molecular weight excluding hydrogens is 451 g/mol. The number of hydrogen-bond donors (Lipinski definition) is 1. The van der Waals surface area contributed by atoms with Crippen LogP contribution in [0, 0.1) is 5.92 Å². The van der Waals surface area contributed by atoms with Crippen LogP contribution in [0.5, 0.6) is 0 Å². The van der Waals surface area contributed by atoms with Gasteiger partial charge in [0.25, 0.3) is 10.1 Å². The molecule has 2 atom stereocenters. The van der Waals surface area contributed by atoms with Gasteiger partial charge in [-0.1, -0.05) is 84.0 Å². The Hall–Kier alpha value is -0.340. The summed E-state index contributed by atoms with van der Waals surface area (Å²) in [5.41, 5.74) is 0. The van der Waals surface area contributed by atoms with Crippen LogP contribution in [0.4, 0.5) is 13.2 Å². The number of hydrogen-bond acceptors (Lipinski definition) is 2. The first-order valence-electron chi connectivity index (χ1n) is 13.4. The van der Waals surface area contributed by atoms with Crippen molar-refractivity contribution in [1.82, 2.24) is 0 Å². The summed E-state index contributed by atoms with van der Waals surface area (Å²) in [6.45, 7) is 4.04. The van der Waals surface area contributed by atoms with Crippen LogP contribution in [-0.2, 0) is 10.1 Å². The summed E-state index contributed by atoms with van der Waals surface area (Å²) in [6.07, 6.45) is 14.2. The summed E-state index contributed by atoms with van der Waals surface area (Å²) >= 11 is 0. The van der Waals surface area contributed by atoms with Crippen molar-refractivity contribution in [1.29, 1.82) is 0 Å².